The van der Waals surface area contributed by atoms with Crippen LogP contribution in [-0.2, 0) is 4.79 Å². The highest BCUT2D eigenvalue weighted by Crippen LogP contribution is 2.19. The van der Waals surface area contributed by atoms with Crippen LogP contribution < -0.4 is 10.6 Å². The number of nitrogens with zero attached hydrogens (tertiary/aromatic N) is 2. The van der Waals surface area contributed by atoms with Crippen LogP contribution in [0.2, 0.25) is 0 Å². The van der Waals surface area contributed by atoms with Gasteiger partial charge in [-0.2, -0.15) is 10.5 Å². The van der Waals surface area contributed by atoms with Gasteiger partial charge in [0.25, 0.3) is 5.91 Å². The summed E-state index contributed by atoms with van der Waals surface area (Å²) in [5.74, 6) is -0.479. The maximum atomic E-state index is 12.1. The third-order valence-corrected chi connectivity index (χ3v) is 3.64. The minimum Gasteiger partial charge on any atom is -0.360 e. The van der Waals surface area contributed by atoms with Crippen molar-refractivity contribution in [1.82, 2.24) is 0 Å². The molecule has 0 aromatic heterocycles. The molecule has 118 valence electrons. The van der Waals surface area contributed by atoms with Crippen LogP contribution in [0.25, 0.3) is 0 Å². The molecule has 0 aliphatic heterocycles. The van der Waals surface area contributed by atoms with E-state index >= 15 is 0 Å². The highest BCUT2D eigenvalue weighted by atomic mass is 32.2. The molecule has 24 heavy (non-hydrogen) atoms. The average Bonchev–Trinajstić information content (AvgIpc) is 2.57. The Hall–Kier alpha value is -3.22. The van der Waals surface area contributed by atoms with E-state index in [1.54, 1.807) is 30.3 Å². The van der Waals surface area contributed by atoms with Gasteiger partial charge < -0.3 is 10.6 Å². The fourth-order valence-corrected chi connectivity index (χ4v) is 2.27. The number of thiocyanates is 1. The predicted octanol–water partition coefficient (Wildman–Crippen LogP) is 4.03. The SMILES string of the molecule is Cc1cccc(NC(=O)/C(C#N)=C\Nc2ccc(SC#N)cc2)c1. The molecule has 0 unspecified atom stereocenters. The van der Waals surface area contributed by atoms with E-state index in [9.17, 15) is 4.79 Å². The minimum atomic E-state index is -0.479. The Morgan fingerprint density at radius 2 is 1.88 bits per heavy atom. The van der Waals surface area contributed by atoms with Crippen molar-refractivity contribution in [3.8, 4) is 11.5 Å². The molecule has 0 aliphatic carbocycles. The summed E-state index contributed by atoms with van der Waals surface area (Å²) < 4.78 is 0. The molecule has 2 N–H and O–H groups in total. The largest absolute Gasteiger partial charge is 0.360 e. The molecule has 6 heteroatoms. The fraction of sp³-hybridized carbons (Fsp3) is 0.0556. The number of nitriles is 2. The zero-order chi connectivity index (χ0) is 17.4. The Kier molecular flexibility index (Phi) is 6.01. The number of amides is 1. The number of anilines is 2. The highest BCUT2D eigenvalue weighted by Gasteiger charge is 2.09. The van der Waals surface area contributed by atoms with Crippen LogP contribution in [0, 0.1) is 28.9 Å². The number of aryl methyl sites for hydroxylation is 1. The third-order valence-electron chi connectivity index (χ3n) is 3.04. The van der Waals surface area contributed by atoms with E-state index < -0.39 is 5.91 Å². The van der Waals surface area contributed by atoms with E-state index in [0.717, 1.165) is 22.2 Å². The van der Waals surface area contributed by atoms with E-state index in [-0.39, 0.29) is 5.57 Å². The molecule has 0 saturated heterocycles. The first-order valence-corrected chi connectivity index (χ1v) is 7.85. The molecule has 0 saturated carbocycles. The smallest absolute Gasteiger partial charge is 0.267 e. The third kappa shape index (κ3) is 4.91. The van der Waals surface area contributed by atoms with E-state index in [4.69, 9.17) is 10.5 Å². The summed E-state index contributed by atoms with van der Waals surface area (Å²) in [4.78, 5) is 13.0. The summed E-state index contributed by atoms with van der Waals surface area (Å²) in [5.41, 5.74) is 2.34. The molecule has 0 radical (unpaired) electrons. The number of nitrogens with one attached hydrogen (secondary N) is 2. The summed E-state index contributed by atoms with van der Waals surface area (Å²) in [6, 6.07) is 16.3. The van der Waals surface area contributed by atoms with Crippen LogP contribution in [0.1, 0.15) is 5.56 Å². The fourth-order valence-electron chi connectivity index (χ4n) is 1.90. The van der Waals surface area contributed by atoms with E-state index in [0.29, 0.717) is 11.4 Å². The lowest BCUT2D eigenvalue weighted by Crippen LogP contribution is -2.14. The molecule has 0 spiro atoms. The Labute approximate surface area is 144 Å². The Morgan fingerprint density at radius 3 is 2.50 bits per heavy atom. The molecule has 0 aliphatic rings. The first-order chi connectivity index (χ1) is 11.6. The van der Waals surface area contributed by atoms with Crippen LogP contribution in [-0.4, -0.2) is 5.91 Å². The van der Waals surface area contributed by atoms with Crippen molar-refractivity contribution in [3.63, 3.8) is 0 Å². The monoisotopic (exact) mass is 334 g/mol. The van der Waals surface area contributed by atoms with Crippen molar-refractivity contribution in [2.75, 3.05) is 10.6 Å². The van der Waals surface area contributed by atoms with Crippen molar-refractivity contribution < 1.29 is 4.79 Å². The molecule has 0 heterocycles. The summed E-state index contributed by atoms with van der Waals surface area (Å²) in [7, 11) is 0. The molecule has 0 fully saturated rings. The summed E-state index contributed by atoms with van der Waals surface area (Å²) in [6.07, 6.45) is 1.36. The molecular weight excluding hydrogens is 320 g/mol. The number of carbonyl (C=O) groups excluding carboxylic acids is 1. The summed E-state index contributed by atoms with van der Waals surface area (Å²) in [6.45, 7) is 1.92. The van der Waals surface area contributed by atoms with Crippen LogP contribution in [0.3, 0.4) is 0 Å². The van der Waals surface area contributed by atoms with Crippen molar-refractivity contribution in [2.24, 2.45) is 0 Å². The zero-order valence-corrected chi connectivity index (χ0v) is 13.7. The number of rotatable bonds is 5. The maximum absolute atomic E-state index is 12.1. The van der Waals surface area contributed by atoms with Crippen molar-refractivity contribution >= 4 is 29.0 Å². The first kappa shape index (κ1) is 17.1. The summed E-state index contributed by atoms with van der Waals surface area (Å²) in [5, 5.41) is 25.4. The number of hydrogen-bond acceptors (Lipinski definition) is 5. The van der Waals surface area contributed by atoms with E-state index in [1.807, 2.05) is 36.6 Å². The van der Waals surface area contributed by atoms with Gasteiger partial charge in [0.15, 0.2) is 0 Å². The highest BCUT2D eigenvalue weighted by molar-refractivity contribution is 8.03. The molecule has 1 amide bonds. The molecular formula is C18H14N4OS. The van der Waals surface area contributed by atoms with Gasteiger partial charge in [-0.25, -0.2) is 0 Å². The van der Waals surface area contributed by atoms with Crippen molar-refractivity contribution in [1.29, 1.82) is 10.5 Å². The first-order valence-electron chi connectivity index (χ1n) is 7.03. The van der Waals surface area contributed by atoms with E-state index in [2.05, 4.69) is 10.6 Å². The van der Waals surface area contributed by atoms with Crippen LogP contribution in [0.5, 0.6) is 0 Å². The molecule has 2 rings (SSSR count). The normalized spacial score (nSPS) is 10.4. The van der Waals surface area contributed by atoms with Gasteiger partial charge in [0, 0.05) is 22.5 Å². The van der Waals surface area contributed by atoms with Crippen molar-refractivity contribution in [3.05, 3.63) is 65.9 Å². The van der Waals surface area contributed by atoms with Gasteiger partial charge in [-0.3, -0.25) is 4.79 Å². The second kappa shape index (κ2) is 8.42. The Morgan fingerprint density at radius 1 is 1.12 bits per heavy atom. The molecule has 5 nitrogen and oxygen atoms in total. The average molecular weight is 334 g/mol. The number of carbonyl (C=O) groups is 1. The Bertz CT molecular complexity index is 845. The number of hydrogen-bond donors (Lipinski definition) is 2. The van der Waals surface area contributed by atoms with Gasteiger partial charge >= 0.3 is 0 Å². The number of benzene rings is 2. The second-order valence-corrected chi connectivity index (χ2v) is 5.71. The zero-order valence-electron chi connectivity index (χ0n) is 12.9. The minimum absolute atomic E-state index is 0.0352. The lowest BCUT2D eigenvalue weighted by Gasteiger charge is -2.06. The lowest BCUT2D eigenvalue weighted by atomic mass is 10.2. The second-order valence-electron chi connectivity index (χ2n) is 4.86. The number of thioether (sulfide) groups is 1. The summed E-state index contributed by atoms with van der Waals surface area (Å²) >= 11 is 1.07. The topological polar surface area (TPSA) is 88.7 Å². The molecule has 2 aromatic carbocycles. The molecule has 0 atom stereocenters. The van der Waals surface area contributed by atoms with E-state index in [1.165, 1.54) is 6.20 Å². The van der Waals surface area contributed by atoms with Gasteiger partial charge in [-0.15, -0.1) is 0 Å². The quantitative estimate of drug-likeness (QED) is 0.373. The maximum Gasteiger partial charge on any atom is 0.267 e. The lowest BCUT2D eigenvalue weighted by molar-refractivity contribution is -0.112. The Balaban J connectivity index is 2.04. The van der Waals surface area contributed by atoms with Gasteiger partial charge in [0.1, 0.15) is 17.0 Å². The van der Waals surface area contributed by atoms with Crippen LogP contribution in [0.4, 0.5) is 11.4 Å². The van der Waals surface area contributed by atoms with Crippen LogP contribution >= 0.6 is 11.8 Å². The van der Waals surface area contributed by atoms with Crippen LogP contribution in [0.15, 0.2) is 65.2 Å². The van der Waals surface area contributed by atoms with Crippen molar-refractivity contribution in [2.45, 2.75) is 11.8 Å². The van der Waals surface area contributed by atoms with Gasteiger partial charge in [0.2, 0.25) is 0 Å². The van der Waals surface area contributed by atoms with Gasteiger partial charge in [-0.05, 0) is 60.6 Å². The van der Waals surface area contributed by atoms with Gasteiger partial charge in [0.05, 0.1) is 0 Å². The van der Waals surface area contributed by atoms with Gasteiger partial charge in [-0.1, -0.05) is 12.1 Å². The predicted molar refractivity (Wildman–Crippen MR) is 95.0 cm³/mol. The standard InChI is InChI=1S/C18H14N4OS/c1-13-3-2-4-16(9-13)22-18(23)14(10-19)11-21-15-5-7-17(8-6-15)24-12-20/h2-9,11,21H,1H3,(H,22,23)/b14-11-. The molecule has 2 aromatic rings. The molecule has 0 bridgehead atoms.